The highest BCUT2D eigenvalue weighted by atomic mass is 16.6. The van der Waals surface area contributed by atoms with E-state index in [-0.39, 0.29) is 23.6 Å². The molecule has 0 aliphatic carbocycles. The average Bonchev–Trinajstić information content (AvgIpc) is 3.01. The number of likely N-dealkylation sites (tertiary alicyclic amines) is 1. The minimum atomic E-state index is -0.869. The number of methoxy groups -OCH3 is 1. The van der Waals surface area contributed by atoms with E-state index < -0.39 is 22.7 Å². The molecule has 0 bridgehead atoms. The van der Waals surface area contributed by atoms with Crippen molar-refractivity contribution in [2.75, 3.05) is 34.3 Å². The number of Topliss-reactive ketones (excluding diaryl/α,β-unsaturated/α-hetero) is 1. The summed E-state index contributed by atoms with van der Waals surface area (Å²) >= 11 is 0. The minimum Gasteiger partial charge on any atom is -0.507 e. The van der Waals surface area contributed by atoms with Crippen LogP contribution in [-0.2, 0) is 9.59 Å². The lowest BCUT2D eigenvalue weighted by Gasteiger charge is -2.26. The van der Waals surface area contributed by atoms with Crippen molar-refractivity contribution in [2.24, 2.45) is 0 Å². The molecule has 162 valence electrons. The van der Waals surface area contributed by atoms with E-state index in [4.69, 9.17) is 4.74 Å². The van der Waals surface area contributed by atoms with Gasteiger partial charge >= 0.3 is 0 Å². The van der Waals surface area contributed by atoms with Crippen LogP contribution < -0.4 is 4.74 Å². The second-order valence-corrected chi connectivity index (χ2v) is 7.38. The van der Waals surface area contributed by atoms with Gasteiger partial charge in [-0.3, -0.25) is 19.7 Å². The van der Waals surface area contributed by atoms with Gasteiger partial charge in [-0.25, -0.2) is 0 Å². The number of non-ortho nitro benzene ring substituents is 1. The summed E-state index contributed by atoms with van der Waals surface area (Å²) in [4.78, 5) is 39.5. The van der Waals surface area contributed by atoms with Crippen LogP contribution in [0.15, 0.2) is 54.1 Å². The summed E-state index contributed by atoms with van der Waals surface area (Å²) in [6, 6.07) is 11.3. The van der Waals surface area contributed by atoms with Crippen molar-refractivity contribution in [2.45, 2.75) is 6.04 Å². The minimum absolute atomic E-state index is 0.0640. The van der Waals surface area contributed by atoms with Gasteiger partial charge in [0.15, 0.2) is 0 Å². The molecule has 31 heavy (non-hydrogen) atoms. The molecule has 0 radical (unpaired) electrons. The van der Waals surface area contributed by atoms with Crippen LogP contribution in [0.5, 0.6) is 5.75 Å². The maximum absolute atomic E-state index is 12.9. The van der Waals surface area contributed by atoms with Crippen LogP contribution in [0.1, 0.15) is 17.2 Å². The van der Waals surface area contributed by atoms with Crippen molar-refractivity contribution < 1.29 is 24.4 Å². The molecule has 0 spiro atoms. The lowest BCUT2D eigenvalue weighted by molar-refractivity contribution is -0.384. The normalized spacial score (nSPS) is 17.9. The molecule has 0 saturated carbocycles. The molecule has 1 fully saturated rings. The van der Waals surface area contributed by atoms with Crippen molar-refractivity contribution in [3.05, 3.63) is 75.3 Å². The molecule has 9 heteroatoms. The number of likely N-dealkylation sites (N-methyl/N-ethyl adjacent to an activating group) is 1. The molecule has 1 aliphatic rings. The molecular weight excluding hydrogens is 402 g/mol. The fourth-order valence-electron chi connectivity index (χ4n) is 3.47. The average molecular weight is 425 g/mol. The molecule has 1 atom stereocenters. The van der Waals surface area contributed by atoms with E-state index >= 15 is 0 Å². The molecule has 1 aliphatic heterocycles. The first-order valence-electron chi connectivity index (χ1n) is 9.56. The summed E-state index contributed by atoms with van der Waals surface area (Å²) in [7, 11) is 5.16. The molecule has 1 unspecified atom stereocenters. The molecule has 1 heterocycles. The highest BCUT2D eigenvalue weighted by Gasteiger charge is 2.46. The van der Waals surface area contributed by atoms with E-state index in [0.29, 0.717) is 23.4 Å². The Balaban J connectivity index is 2.15. The van der Waals surface area contributed by atoms with Crippen LogP contribution in [0.2, 0.25) is 0 Å². The fraction of sp³-hybridized carbons (Fsp3) is 0.273. The van der Waals surface area contributed by atoms with Gasteiger partial charge in [0.25, 0.3) is 17.4 Å². The first-order valence-corrected chi connectivity index (χ1v) is 9.56. The zero-order valence-corrected chi connectivity index (χ0v) is 17.4. The maximum atomic E-state index is 12.9. The highest BCUT2D eigenvalue weighted by Crippen LogP contribution is 2.40. The number of benzene rings is 2. The smallest absolute Gasteiger partial charge is 0.295 e. The topological polar surface area (TPSA) is 113 Å². The number of carbonyl (C=O) groups excluding carboxylic acids is 2. The standard InChI is InChI=1S/C22H23N3O6/c1-23(2)11-12-24-19(14-7-9-16(10-8-14)25(29)30)18(21(27)22(24)28)20(26)15-5-4-6-17(13-15)31-3/h4-10,13,19,26H,11-12H2,1-3H3/b20-18-. The van der Waals surface area contributed by atoms with E-state index in [1.54, 1.807) is 24.3 Å². The van der Waals surface area contributed by atoms with Crippen LogP contribution >= 0.6 is 0 Å². The number of nitro benzene ring substituents is 1. The number of rotatable bonds is 7. The van der Waals surface area contributed by atoms with Gasteiger partial charge in [0.05, 0.1) is 23.6 Å². The van der Waals surface area contributed by atoms with Crippen molar-refractivity contribution in [3.8, 4) is 5.75 Å². The van der Waals surface area contributed by atoms with E-state index in [2.05, 4.69) is 0 Å². The van der Waals surface area contributed by atoms with Gasteiger partial charge in [0.1, 0.15) is 11.5 Å². The number of amides is 1. The van der Waals surface area contributed by atoms with Gasteiger partial charge in [-0.15, -0.1) is 0 Å². The Morgan fingerprint density at radius 2 is 1.87 bits per heavy atom. The van der Waals surface area contributed by atoms with Crippen molar-refractivity contribution >= 4 is 23.1 Å². The van der Waals surface area contributed by atoms with Crippen LogP contribution in [0.4, 0.5) is 5.69 Å². The second kappa shape index (κ2) is 8.97. The molecule has 2 aromatic rings. The van der Waals surface area contributed by atoms with Gasteiger partial charge in [-0.05, 0) is 43.9 Å². The first kappa shape index (κ1) is 22.0. The fourth-order valence-corrected chi connectivity index (χ4v) is 3.47. The molecule has 9 nitrogen and oxygen atoms in total. The Kier molecular flexibility index (Phi) is 6.36. The van der Waals surface area contributed by atoms with Gasteiger partial charge in [0.2, 0.25) is 0 Å². The Labute approximate surface area is 179 Å². The molecule has 0 aromatic heterocycles. The Hall–Kier alpha value is -3.72. The summed E-state index contributed by atoms with van der Waals surface area (Å²) in [5, 5.41) is 22.0. The number of aliphatic hydroxyl groups excluding tert-OH is 1. The van der Waals surface area contributed by atoms with Crippen molar-refractivity contribution in [3.63, 3.8) is 0 Å². The summed E-state index contributed by atoms with van der Waals surface area (Å²) in [5.41, 5.74) is 0.650. The van der Waals surface area contributed by atoms with Crippen LogP contribution in [0, 0.1) is 10.1 Å². The van der Waals surface area contributed by atoms with Crippen molar-refractivity contribution in [1.29, 1.82) is 0 Å². The van der Waals surface area contributed by atoms with Gasteiger partial charge in [-0.1, -0.05) is 12.1 Å². The lowest BCUT2D eigenvalue weighted by atomic mass is 9.95. The predicted octanol–water partition coefficient (Wildman–Crippen LogP) is 2.59. The third-order valence-corrected chi connectivity index (χ3v) is 5.09. The molecule has 2 aromatic carbocycles. The summed E-state index contributed by atoms with van der Waals surface area (Å²) in [5.74, 6) is -1.37. The van der Waals surface area contributed by atoms with Crippen LogP contribution in [-0.4, -0.2) is 65.8 Å². The SMILES string of the molecule is COc1cccc(/C(O)=C2/C(=O)C(=O)N(CCN(C)C)C2c2ccc([N+](=O)[O-])cc2)c1. The molecule has 1 N–H and O–H groups in total. The summed E-state index contributed by atoms with van der Waals surface area (Å²) < 4.78 is 5.18. The largest absolute Gasteiger partial charge is 0.507 e. The number of hydrogen-bond donors (Lipinski definition) is 1. The van der Waals surface area contributed by atoms with E-state index in [9.17, 15) is 24.8 Å². The Morgan fingerprint density at radius 1 is 1.19 bits per heavy atom. The zero-order chi connectivity index (χ0) is 22.7. The van der Waals surface area contributed by atoms with E-state index in [1.807, 2.05) is 19.0 Å². The predicted molar refractivity (Wildman–Crippen MR) is 114 cm³/mol. The molecule has 1 amide bonds. The molecule has 3 rings (SSSR count). The maximum Gasteiger partial charge on any atom is 0.295 e. The van der Waals surface area contributed by atoms with Crippen LogP contribution in [0.3, 0.4) is 0 Å². The summed E-state index contributed by atoms with van der Waals surface area (Å²) in [6.07, 6.45) is 0. The van der Waals surface area contributed by atoms with Gasteiger partial charge in [-0.2, -0.15) is 0 Å². The molecular formula is C22H23N3O6. The highest BCUT2D eigenvalue weighted by molar-refractivity contribution is 6.46. The number of ether oxygens (including phenoxy) is 1. The quantitative estimate of drug-likeness (QED) is 0.238. The number of nitro groups is 1. The Morgan fingerprint density at radius 3 is 2.45 bits per heavy atom. The van der Waals surface area contributed by atoms with E-state index in [0.717, 1.165) is 0 Å². The van der Waals surface area contributed by atoms with Gasteiger partial charge < -0.3 is 19.6 Å². The van der Waals surface area contributed by atoms with Crippen molar-refractivity contribution in [1.82, 2.24) is 9.80 Å². The lowest BCUT2D eigenvalue weighted by Crippen LogP contribution is -2.35. The molecule has 1 saturated heterocycles. The number of nitrogens with zero attached hydrogens (tertiary/aromatic N) is 3. The summed E-state index contributed by atoms with van der Waals surface area (Å²) in [6.45, 7) is 0.740. The van der Waals surface area contributed by atoms with Gasteiger partial charge in [0, 0.05) is 30.8 Å². The third-order valence-electron chi connectivity index (χ3n) is 5.09. The number of ketones is 1. The number of carbonyl (C=O) groups is 2. The Bertz CT molecular complexity index is 1050. The monoisotopic (exact) mass is 425 g/mol. The van der Waals surface area contributed by atoms with E-state index in [1.165, 1.54) is 36.3 Å². The zero-order valence-electron chi connectivity index (χ0n) is 17.4. The third kappa shape index (κ3) is 4.41. The second-order valence-electron chi connectivity index (χ2n) is 7.38. The number of aliphatic hydroxyl groups is 1. The number of hydrogen-bond acceptors (Lipinski definition) is 7. The van der Waals surface area contributed by atoms with Crippen LogP contribution in [0.25, 0.3) is 5.76 Å². The first-order chi connectivity index (χ1) is 14.7.